The molecule has 0 unspecified atom stereocenters. The van der Waals surface area contributed by atoms with Crippen LogP contribution >= 0.6 is 0 Å². The number of carbonyl (C=O) groups is 1. The van der Waals surface area contributed by atoms with Crippen molar-refractivity contribution in [2.24, 2.45) is 0 Å². The van der Waals surface area contributed by atoms with E-state index in [0.717, 1.165) is 37.1 Å². The molecule has 2 amide bonds. The lowest BCUT2D eigenvalue weighted by atomic mass is 10.00. The van der Waals surface area contributed by atoms with E-state index in [-0.39, 0.29) is 24.7 Å². The summed E-state index contributed by atoms with van der Waals surface area (Å²) in [7, 11) is 0. The van der Waals surface area contributed by atoms with Crippen LogP contribution in [0.15, 0.2) is 36.7 Å². The highest BCUT2D eigenvalue weighted by atomic mass is 16.3. The Balaban J connectivity index is 1.62. The van der Waals surface area contributed by atoms with E-state index < -0.39 is 0 Å². The van der Waals surface area contributed by atoms with Crippen molar-refractivity contribution in [2.45, 2.75) is 44.7 Å². The molecule has 0 aliphatic carbocycles. The van der Waals surface area contributed by atoms with E-state index >= 15 is 0 Å². The van der Waals surface area contributed by atoms with Crippen LogP contribution < -0.4 is 5.32 Å². The van der Waals surface area contributed by atoms with Crippen molar-refractivity contribution in [3.8, 4) is 5.69 Å². The molecule has 1 aliphatic heterocycles. The molecule has 2 N–H and O–H groups in total. The van der Waals surface area contributed by atoms with Crippen LogP contribution in [-0.2, 0) is 0 Å². The summed E-state index contributed by atoms with van der Waals surface area (Å²) in [5.74, 6) is 0. The van der Waals surface area contributed by atoms with Gasteiger partial charge < -0.3 is 15.3 Å². The van der Waals surface area contributed by atoms with Crippen molar-refractivity contribution in [1.82, 2.24) is 25.2 Å². The summed E-state index contributed by atoms with van der Waals surface area (Å²) in [5.41, 5.74) is 1.96. The lowest BCUT2D eigenvalue weighted by Gasteiger charge is -2.36. The predicted molar refractivity (Wildman–Crippen MR) is 94.4 cm³/mol. The van der Waals surface area contributed by atoms with Gasteiger partial charge in [0, 0.05) is 19.2 Å². The number of aliphatic hydroxyl groups is 1. The van der Waals surface area contributed by atoms with Crippen LogP contribution in [0.2, 0.25) is 0 Å². The molecule has 7 nitrogen and oxygen atoms in total. The van der Waals surface area contributed by atoms with Gasteiger partial charge in [0.25, 0.3) is 0 Å². The molecular formula is C18H25N5O2. The molecular weight excluding hydrogens is 318 g/mol. The summed E-state index contributed by atoms with van der Waals surface area (Å²) in [6.45, 7) is 2.86. The Labute approximate surface area is 147 Å². The zero-order chi connectivity index (χ0) is 17.6. The second-order valence-electron chi connectivity index (χ2n) is 6.47. The fourth-order valence-electron chi connectivity index (χ4n) is 3.33. The first-order valence-corrected chi connectivity index (χ1v) is 8.83. The molecule has 0 bridgehead atoms. The standard InChI is InChI=1S/C18H25N5O2/c1-14(15-5-7-17(8-6-15)23-12-10-19-21-23)20-18(25)22-11-3-2-4-16(22)9-13-24/h5-8,10,12,14,16,24H,2-4,9,11,13H2,1H3,(H,20,25)/t14-,16-/m0/s1. The van der Waals surface area contributed by atoms with Crippen molar-refractivity contribution < 1.29 is 9.90 Å². The van der Waals surface area contributed by atoms with Gasteiger partial charge in [-0.2, -0.15) is 0 Å². The second kappa shape index (κ2) is 8.11. The molecule has 7 heteroatoms. The maximum Gasteiger partial charge on any atom is 0.318 e. The van der Waals surface area contributed by atoms with Gasteiger partial charge in [-0.3, -0.25) is 0 Å². The summed E-state index contributed by atoms with van der Waals surface area (Å²) in [4.78, 5) is 14.5. The maximum atomic E-state index is 12.6. The van der Waals surface area contributed by atoms with Crippen LogP contribution in [0.3, 0.4) is 0 Å². The number of piperidine rings is 1. The van der Waals surface area contributed by atoms with E-state index in [9.17, 15) is 9.90 Å². The van der Waals surface area contributed by atoms with Gasteiger partial charge >= 0.3 is 6.03 Å². The van der Waals surface area contributed by atoms with Gasteiger partial charge in [0.1, 0.15) is 0 Å². The third-order valence-electron chi connectivity index (χ3n) is 4.77. The van der Waals surface area contributed by atoms with E-state index in [1.807, 2.05) is 36.1 Å². The first-order valence-electron chi connectivity index (χ1n) is 8.83. The lowest BCUT2D eigenvalue weighted by Crippen LogP contribution is -2.49. The van der Waals surface area contributed by atoms with Crippen LogP contribution in [0, 0.1) is 0 Å². The molecule has 0 spiro atoms. The minimum absolute atomic E-state index is 0.0500. The molecule has 1 aromatic carbocycles. The smallest absolute Gasteiger partial charge is 0.318 e. The van der Waals surface area contributed by atoms with E-state index in [2.05, 4.69) is 15.6 Å². The van der Waals surface area contributed by atoms with E-state index in [4.69, 9.17) is 0 Å². The van der Waals surface area contributed by atoms with Crippen LogP contribution in [0.4, 0.5) is 4.79 Å². The number of aromatic nitrogens is 3. The number of likely N-dealkylation sites (tertiary alicyclic amines) is 1. The Bertz CT molecular complexity index is 669. The number of rotatable bonds is 5. The molecule has 1 aliphatic rings. The van der Waals surface area contributed by atoms with Crippen LogP contribution in [0.5, 0.6) is 0 Å². The fourth-order valence-corrected chi connectivity index (χ4v) is 3.33. The highest BCUT2D eigenvalue weighted by Crippen LogP contribution is 2.21. The highest BCUT2D eigenvalue weighted by molar-refractivity contribution is 5.75. The van der Waals surface area contributed by atoms with E-state index in [1.165, 1.54) is 0 Å². The van der Waals surface area contributed by atoms with Crippen molar-refractivity contribution >= 4 is 6.03 Å². The van der Waals surface area contributed by atoms with E-state index in [0.29, 0.717) is 6.42 Å². The molecule has 1 fully saturated rings. The molecule has 1 aromatic heterocycles. The molecule has 2 heterocycles. The number of hydrogen-bond acceptors (Lipinski definition) is 4. The Morgan fingerprint density at radius 2 is 2.16 bits per heavy atom. The third kappa shape index (κ3) is 4.17. The number of carbonyl (C=O) groups excluding carboxylic acids is 1. The Kier molecular flexibility index (Phi) is 5.65. The molecule has 134 valence electrons. The Morgan fingerprint density at radius 1 is 1.36 bits per heavy atom. The van der Waals surface area contributed by atoms with Gasteiger partial charge in [-0.1, -0.05) is 17.3 Å². The largest absolute Gasteiger partial charge is 0.396 e. The zero-order valence-corrected chi connectivity index (χ0v) is 14.5. The van der Waals surface area contributed by atoms with Crippen molar-refractivity contribution in [2.75, 3.05) is 13.2 Å². The molecule has 0 radical (unpaired) electrons. The molecule has 0 saturated carbocycles. The van der Waals surface area contributed by atoms with Crippen molar-refractivity contribution in [3.05, 3.63) is 42.2 Å². The quantitative estimate of drug-likeness (QED) is 0.872. The van der Waals surface area contributed by atoms with Crippen LogP contribution in [0.25, 0.3) is 5.69 Å². The first-order chi connectivity index (χ1) is 12.2. The lowest BCUT2D eigenvalue weighted by molar-refractivity contribution is 0.130. The summed E-state index contributed by atoms with van der Waals surface area (Å²) >= 11 is 0. The van der Waals surface area contributed by atoms with E-state index in [1.54, 1.807) is 17.1 Å². The van der Waals surface area contributed by atoms with Gasteiger partial charge in [0.15, 0.2) is 0 Å². The number of benzene rings is 1. The van der Waals surface area contributed by atoms with Gasteiger partial charge in [-0.25, -0.2) is 9.48 Å². The zero-order valence-electron chi connectivity index (χ0n) is 14.5. The SMILES string of the molecule is C[C@H](NC(=O)N1CCCC[C@H]1CCO)c1ccc(-n2ccnn2)cc1. The molecule has 1 saturated heterocycles. The van der Waals surface area contributed by atoms with Crippen molar-refractivity contribution in [1.29, 1.82) is 0 Å². The van der Waals surface area contributed by atoms with Gasteiger partial charge in [-0.05, 0) is 50.3 Å². The highest BCUT2D eigenvalue weighted by Gasteiger charge is 2.27. The van der Waals surface area contributed by atoms with Gasteiger partial charge in [0.05, 0.1) is 24.1 Å². The predicted octanol–water partition coefficient (Wildman–Crippen LogP) is 2.27. The number of urea groups is 1. The maximum absolute atomic E-state index is 12.6. The van der Waals surface area contributed by atoms with Crippen LogP contribution in [-0.4, -0.2) is 50.2 Å². The molecule has 2 aromatic rings. The Hall–Kier alpha value is -2.41. The molecule has 3 rings (SSSR count). The number of nitrogens with zero attached hydrogens (tertiary/aromatic N) is 4. The fraction of sp³-hybridized carbons (Fsp3) is 0.500. The van der Waals surface area contributed by atoms with Crippen molar-refractivity contribution in [3.63, 3.8) is 0 Å². The molecule has 25 heavy (non-hydrogen) atoms. The van der Waals surface area contributed by atoms with Gasteiger partial charge in [0.2, 0.25) is 0 Å². The average molecular weight is 343 g/mol. The first kappa shape index (κ1) is 17.4. The van der Waals surface area contributed by atoms with Crippen LogP contribution in [0.1, 0.15) is 44.2 Å². The third-order valence-corrected chi connectivity index (χ3v) is 4.77. The van der Waals surface area contributed by atoms with Gasteiger partial charge in [-0.15, -0.1) is 5.10 Å². The number of nitrogens with one attached hydrogen (secondary N) is 1. The second-order valence-corrected chi connectivity index (χ2v) is 6.47. The Morgan fingerprint density at radius 3 is 2.84 bits per heavy atom. The normalized spacial score (nSPS) is 18.8. The summed E-state index contributed by atoms with van der Waals surface area (Å²) in [6.07, 6.45) is 7.18. The summed E-state index contributed by atoms with van der Waals surface area (Å²) in [5, 5.41) is 20.1. The summed E-state index contributed by atoms with van der Waals surface area (Å²) < 4.78 is 1.69. The monoisotopic (exact) mass is 343 g/mol. The summed E-state index contributed by atoms with van der Waals surface area (Å²) in [6, 6.07) is 7.90. The number of amides is 2. The minimum Gasteiger partial charge on any atom is -0.396 e. The number of aliphatic hydroxyl groups excluding tert-OH is 1. The average Bonchev–Trinajstić information content (AvgIpc) is 3.17. The molecule has 2 atom stereocenters. The topological polar surface area (TPSA) is 83.3 Å². The minimum atomic E-state index is -0.0889. The number of hydrogen-bond donors (Lipinski definition) is 2.